The predicted molar refractivity (Wildman–Crippen MR) is 58.7 cm³/mol. The molecule has 4 heteroatoms. The monoisotopic (exact) mass is 219 g/mol. The molecule has 0 radical (unpaired) electrons. The van der Waals surface area contributed by atoms with E-state index in [4.69, 9.17) is 0 Å². The van der Waals surface area contributed by atoms with Gasteiger partial charge in [-0.05, 0) is 31.6 Å². The fourth-order valence-electron chi connectivity index (χ4n) is 3.26. The van der Waals surface area contributed by atoms with E-state index in [-0.39, 0.29) is 0 Å². The fourth-order valence-corrected chi connectivity index (χ4v) is 3.26. The van der Waals surface area contributed by atoms with Crippen LogP contribution in [0.1, 0.15) is 32.0 Å². The van der Waals surface area contributed by atoms with Crippen LogP contribution >= 0.6 is 0 Å². The molecule has 3 rings (SSSR count). The molecule has 16 heavy (non-hydrogen) atoms. The summed E-state index contributed by atoms with van der Waals surface area (Å²) in [6, 6.07) is 0. The predicted octanol–water partition coefficient (Wildman–Crippen LogP) is 1.46. The van der Waals surface area contributed by atoms with Gasteiger partial charge in [0.1, 0.15) is 17.9 Å². The molecule has 2 unspecified atom stereocenters. The Morgan fingerprint density at radius 2 is 2.25 bits per heavy atom. The van der Waals surface area contributed by atoms with Crippen LogP contribution in [0.2, 0.25) is 0 Å². The Hall–Kier alpha value is -1.19. The van der Waals surface area contributed by atoms with Crippen LogP contribution in [0.5, 0.6) is 0 Å². The first-order valence-corrected chi connectivity index (χ1v) is 6.20. The van der Waals surface area contributed by atoms with Crippen LogP contribution in [0.3, 0.4) is 0 Å². The number of fused-ring (bicyclic) bond motifs is 1. The van der Waals surface area contributed by atoms with Gasteiger partial charge in [-0.25, -0.2) is 9.67 Å². The smallest absolute Gasteiger partial charge is 0.144 e. The number of carbonyl (C=O) groups excluding carboxylic acids is 1. The normalized spacial score (nSPS) is 31.4. The van der Waals surface area contributed by atoms with Crippen molar-refractivity contribution in [3.8, 4) is 0 Å². The van der Waals surface area contributed by atoms with Crippen molar-refractivity contribution in [3.63, 3.8) is 0 Å². The zero-order valence-corrected chi connectivity index (χ0v) is 9.59. The summed E-state index contributed by atoms with van der Waals surface area (Å²) in [4.78, 5) is 16.2. The maximum absolute atomic E-state index is 12.1. The second-order valence-electron chi connectivity index (χ2n) is 4.92. The lowest BCUT2D eigenvalue weighted by atomic mass is 10.1. The zero-order valence-electron chi connectivity index (χ0n) is 9.59. The highest BCUT2D eigenvalue weighted by atomic mass is 16.1. The minimum absolute atomic E-state index is 0.357. The van der Waals surface area contributed by atoms with E-state index in [9.17, 15) is 4.79 Å². The van der Waals surface area contributed by atoms with Crippen molar-refractivity contribution in [3.05, 3.63) is 12.2 Å². The first-order valence-electron chi connectivity index (χ1n) is 6.20. The molecule has 0 N–H and O–H groups in total. The fraction of sp³-hybridized carbons (Fsp3) is 0.750. The van der Waals surface area contributed by atoms with E-state index in [1.165, 1.54) is 19.3 Å². The van der Waals surface area contributed by atoms with Crippen molar-refractivity contribution >= 4 is 5.78 Å². The average molecular weight is 219 g/mol. The lowest BCUT2D eigenvalue weighted by molar-refractivity contribution is -0.120. The van der Waals surface area contributed by atoms with Gasteiger partial charge in [-0.1, -0.05) is 6.42 Å². The molecule has 0 saturated heterocycles. The Kier molecular flexibility index (Phi) is 2.30. The van der Waals surface area contributed by atoms with Gasteiger partial charge < -0.3 is 0 Å². The average Bonchev–Trinajstić information content (AvgIpc) is 2.71. The summed E-state index contributed by atoms with van der Waals surface area (Å²) in [6.07, 6.45) is 5.87. The van der Waals surface area contributed by atoms with Gasteiger partial charge in [-0.2, -0.15) is 5.10 Å². The molecule has 2 fully saturated rings. The number of hydrogen-bond acceptors (Lipinski definition) is 3. The third-order valence-electron chi connectivity index (χ3n) is 4.11. The summed E-state index contributed by atoms with van der Waals surface area (Å²) >= 11 is 0. The topological polar surface area (TPSA) is 47.8 Å². The first kappa shape index (κ1) is 10.00. The molecule has 2 aliphatic carbocycles. The minimum Gasteiger partial charge on any atom is -0.299 e. The van der Waals surface area contributed by atoms with E-state index in [0.717, 1.165) is 12.4 Å². The molecule has 0 bridgehead atoms. The van der Waals surface area contributed by atoms with Crippen LogP contribution in [0, 0.1) is 17.8 Å². The summed E-state index contributed by atoms with van der Waals surface area (Å²) in [6.45, 7) is 2.81. The summed E-state index contributed by atoms with van der Waals surface area (Å²) < 4.78 is 1.82. The van der Waals surface area contributed by atoms with Gasteiger partial charge in [0, 0.05) is 12.5 Å². The molecular formula is C12H17N3O. The maximum Gasteiger partial charge on any atom is 0.144 e. The summed E-state index contributed by atoms with van der Waals surface area (Å²) in [5, 5.41) is 4.09. The highest BCUT2D eigenvalue weighted by molar-refractivity contribution is 5.86. The molecule has 0 aromatic carbocycles. The quantitative estimate of drug-likeness (QED) is 0.770. The Morgan fingerprint density at radius 3 is 2.94 bits per heavy atom. The largest absolute Gasteiger partial charge is 0.299 e. The second-order valence-corrected chi connectivity index (χ2v) is 4.92. The van der Waals surface area contributed by atoms with E-state index >= 15 is 0 Å². The molecule has 0 amide bonds. The first-order chi connectivity index (χ1) is 7.81. The number of carbonyl (C=O) groups is 1. The molecule has 0 spiro atoms. The van der Waals surface area contributed by atoms with Crippen molar-refractivity contribution in [1.82, 2.24) is 14.8 Å². The summed E-state index contributed by atoms with van der Waals surface area (Å²) in [7, 11) is 0. The van der Waals surface area contributed by atoms with Crippen molar-refractivity contribution in [2.75, 3.05) is 0 Å². The Bertz CT molecular complexity index is 402. The SMILES string of the molecule is CCn1ncnc1CC(=O)C1C2CCCC21. The van der Waals surface area contributed by atoms with Gasteiger partial charge in [0.25, 0.3) is 0 Å². The minimum atomic E-state index is 0.357. The number of ketones is 1. The van der Waals surface area contributed by atoms with Gasteiger partial charge in [0.15, 0.2) is 0 Å². The molecule has 4 nitrogen and oxygen atoms in total. The summed E-state index contributed by atoms with van der Waals surface area (Å²) in [5.41, 5.74) is 0. The van der Waals surface area contributed by atoms with E-state index in [1.807, 2.05) is 11.6 Å². The van der Waals surface area contributed by atoms with Crippen LogP contribution in [0.25, 0.3) is 0 Å². The van der Waals surface area contributed by atoms with Crippen molar-refractivity contribution in [2.24, 2.45) is 17.8 Å². The molecule has 1 aromatic rings. The third kappa shape index (κ3) is 1.47. The van der Waals surface area contributed by atoms with Crippen LogP contribution in [0.4, 0.5) is 0 Å². The van der Waals surface area contributed by atoms with Crippen LogP contribution < -0.4 is 0 Å². The van der Waals surface area contributed by atoms with Crippen molar-refractivity contribution in [2.45, 2.75) is 39.2 Å². The van der Waals surface area contributed by atoms with Gasteiger partial charge in [-0.15, -0.1) is 0 Å². The number of nitrogens with zero attached hydrogens (tertiary/aromatic N) is 3. The molecule has 2 atom stereocenters. The highest BCUT2D eigenvalue weighted by Gasteiger charge is 2.55. The number of Topliss-reactive ketones (excluding diaryl/α,β-unsaturated/α-hetero) is 1. The third-order valence-corrected chi connectivity index (χ3v) is 4.11. The molecule has 0 aliphatic heterocycles. The molecule has 2 aliphatic rings. The number of aromatic nitrogens is 3. The lowest BCUT2D eigenvalue weighted by Gasteiger charge is -2.03. The van der Waals surface area contributed by atoms with E-state index in [2.05, 4.69) is 10.1 Å². The molecule has 86 valence electrons. The zero-order chi connectivity index (χ0) is 11.1. The standard InChI is InChI=1S/C12H17N3O/c1-2-15-11(13-7-14-15)6-10(16)12-8-4-3-5-9(8)12/h7-9,12H,2-6H2,1H3. The van der Waals surface area contributed by atoms with Crippen molar-refractivity contribution in [1.29, 1.82) is 0 Å². The second kappa shape index (κ2) is 3.68. The number of aryl methyl sites for hydroxylation is 1. The van der Waals surface area contributed by atoms with Crippen molar-refractivity contribution < 1.29 is 4.79 Å². The molecule has 1 heterocycles. The molecular weight excluding hydrogens is 202 g/mol. The summed E-state index contributed by atoms with van der Waals surface area (Å²) in [5.74, 6) is 3.00. The van der Waals surface area contributed by atoms with E-state index < -0.39 is 0 Å². The van der Waals surface area contributed by atoms with Gasteiger partial charge in [0.05, 0.1) is 6.42 Å². The highest BCUT2D eigenvalue weighted by Crippen LogP contribution is 2.57. The van der Waals surface area contributed by atoms with E-state index in [0.29, 0.717) is 30.0 Å². The van der Waals surface area contributed by atoms with Crippen LogP contribution in [-0.2, 0) is 17.8 Å². The lowest BCUT2D eigenvalue weighted by Crippen LogP contribution is -2.14. The van der Waals surface area contributed by atoms with Gasteiger partial charge in [-0.3, -0.25) is 4.79 Å². The van der Waals surface area contributed by atoms with Gasteiger partial charge in [0.2, 0.25) is 0 Å². The van der Waals surface area contributed by atoms with E-state index in [1.54, 1.807) is 6.33 Å². The number of rotatable bonds is 4. The Labute approximate surface area is 95.1 Å². The molecule has 1 aromatic heterocycles. The van der Waals surface area contributed by atoms with Gasteiger partial charge >= 0.3 is 0 Å². The Morgan fingerprint density at radius 1 is 1.50 bits per heavy atom. The Balaban J connectivity index is 1.65. The molecule has 2 saturated carbocycles. The van der Waals surface area contributed by atoms with Crippen LogP contribution in [-0.4, -0.2) is 20.5 Å². The number of hydrogen-bond donors (Lipinski definition) is 0. The van der Waals surface area contributed by atoms with Crippen LogP contribution in [0.15, 0.2) is 6.33 Å². The maximum atomic E-state index is 12.1.